The predicted octanol–water partition coefficient (Wildman–Crippen LogP) is 8.92. The Balaban J connectivity index is 1.63. The largest absolute Gasteiger partial charge is 0.379 e. The minimum Gasteiger partial charge on any atom is -0.379 e. The van der Waals surface area contributed by atoms with Gasteiger partial charge in [-0.05, 0) is 13.0 Å². The van der Waals surface area contributed by atoms with Crippen LogP contribution in [0.3, 0.4) is 0 Å². The fraction of sp³-hybridized carbons (Fsp3) is 1.00. The van der Waals surface area contributed by atoms with Crippen LogP contribution in [-0.2, 0) is 4.74 Å². The van der Waals surface area contributed by atoms with E-state index in [0.717, 1.165) is 26.3 Å². The van der Waals surface area contributed by atoms with E-state index in [9.17, 15) is 0 Å². The average Bonchev–Trinajstić information content (AvgIpc) is 2.78. The minimum absolute atomic E-state index is 0.944. The summed E-state index contributed by atoms with van der Waals surface area (Å²) in [5, 5.41) is 0. The monoisotopic (exact) mass is 423 g/mol. The van der Waals surface area contributed by atoms with Crippen LogP contribution in [0.5, 0.6) is 0 Å². The molecule has 0 aromatic carbocycles. The first kappa shape index (κ1) is 28.0. The van der Waals surface area contributed by atoms with Gasteiger partial charge in [-0.1, -0.05) is 142 Å². The van der Waals surface area contributed by atoms with Gasteiger partial charge in [0.1, 0.15) is 0 Å². The first-order valence-electron chi connectivity index (χ1n) is 14.2. The summed E-state index contributed by atoms with van der Waals surface area (Å²) >= 11 is 0. The van der Waals surface area contributed by atoms with Crippen molar-refractivity contribution >= 4 is 0 Å². The maximum Gasteiger partial charge on any atom is 0.0594 e. The molecule has 1 aliphatic heterocycles. The Hall–Kier alpha value is -0.0800. The molecule has 0 aliphatic carbocycles. The van der Waals surface area contributed by atoms with Crippen LogP contribution in [0, 0.1) is 0 Å². The smallest absolute Gasteiger partial charge is 0.0594 e. The molecule has 1 aliphatic rings. The van der Waals surface area contributed by atoms with Gasteiger partial charge < -0.3 is 4.74 Å². The van der Waals surface area contributed by atoms with Crippen LogP contribution < -0.4 is 0 Å². The van der Waals surface area contributed by atoms with Crippen molar-refractivity contribution in [2.45, 2.75) is 148 Å². The maximum atomic E-state index is 5.41. The van der Waals surface area contributed by atoms with Crippen LogP contribution in [0.15, 0.2) is 0 Å². The van der Waals surface area contributed by atoms with Crippen molar-refractivity contribution in [3.63, 3.8) is 0 Å². The third-order valence-electron chi connectivity index (χ3n) is 6.93. The summed E-state index contributed by atoms with van der Waals surface area (Å²) in [5.74, 6) is 0. The molecule has 1 fully saturated rings. The molecule has 0 spiro atoms. The first-order valence-corrected chi connectivity index (χ1v) is 14.2. The van der Waals surface area contributed by atoms with Crippen molar-refractivity contribution in [1.29, 1.82) is 0 Å². The van der Waals surface area contributed by atoms with E-state index < -0.39 is 0 Å². The highest BCUT2D eigenvalue weighted by molar-refractivity contribution is 4.61. The molecule has 30 heavy (non-hydrogen) atoms. The fourth-order valence-corrected chi connectivity index (χ4v) is 4.77. The van der Waals surface area contributed by atoms with Crippen molar-refractivity contribution in [2.24, 2.45) is 0 Å². The molecule has 0 amide bonds. The van der Waals surface area contributed by atoms with Crippen LogP contribution in [0.1, 0.15) is 148 Å². The topological polar surface area (TPSA) is 12.5 Å². The number of morpholine rings is 1. The second-order valence-electron chi connectivity index (χ2n) is 9.88. The van der Waals surface area contributed by atoms with Crippen LogP contribution in [0.2, 0.25) is 0 Å². The van der Waals surface area contributed by atoms with Crippen LogP contribution in [0.4, 0.5) is 0 Å². The van der Waals surface area contributed by atoms with E-state index in [0.29, 0.717) is 0 Å². The van der Waals surface area contributed by atoms with E-state index in [4.69, 9.17) is 4.74 Å². The zero-order chi connectivity index (χ0) is 21.4. The molecule has 0 unspecified atom stereocenters. The highest BCUT2D eigenvalue weighted by atomic mass is 16.5. The van der Waals surface area contributed by atoms with Crippen molar-refractivity contribution in [3.8, 4) is 0 Å². The number of hydrogen-bond acceptors (Lipinski definition) is 2. The molecule has 0 radical (unpaired) electrons. The number of hydrogen-bond donors (Lipinski definition) is 0. The molecule has 2 heteroatoms. The quantitative estimate of drug-likeness (QED) is 0.152. The average molecular weight is 424 g/mol. The summed E-state index contributed by atoms with van der Waals surface area (Å²) in [6, 6.07) is 0. The Morgan fingerprint density at radius 3 is 1.07 bits per heavy atom. The molecule has 0 atom stereocenters. The molecule has 1 rings (SSSR count). The van der Waals surface area contributed by atoms with Gasteiger partial charge in [0.25, 0.3) is 0 Å². The Kier molecular flexibility index (Phi) is 22.0. The molecular weight excluding hydrogens is 366 g/mol. The SMILES string of the molecule is CCCCCCCCCCCCCCCCCCCCCCCCN1CCOCC1. The first-order chi connectivity index (χ1) is 14.9. The zero-order valence-corrected chi connectivity index (χ0v) is 20.9. The van der Waals surface area contributed by atoms with Crippen molar-refractivity contribution in [3.05, 3.63) is 0 Å². The second-order valence-corrected chi connectivity index (χ2v) is 9.88. The zero-order valence-electron chi connectivity index (χ0n) is 20.9. The van der Waals surface area contributed by atoms with Crippen LogP contribution in [-0.4, -0.2) is 37.7 Å². The van der Waals surface area contributed by atoms with Gasteiger partial charge in [-0.25, -0.2) is 0 Å². The highest BCUT2D eigenvalue weighted by Crippen LogP contribution is 2.15. The van der Waals surface area contributed by atoms with E-state index in [2.05, 4.69) is 11.8 Å². The van der Waals surface area contributed by atoms with Gasteiger partial charge in [-0.3, -0.25) is 4.90 Å². The Morgan fingerprint density at radius 1 is 0.433 bits per heavy atom. The lowest BCUT2D eigenvalue weighted by Crippen LogP contribution is -2.36. The molecule has 1 heterocycles. The van der Waals surface area contributed by atoms with Crippen molar-refractivity contribution < 1.29 is 4.74 Å². The normalized spacial score (nSPS) is 15.1. The molecule has 1 saturated heterocycles. The molecule has 0 N–H and O–H groups in total. The standard InChI is InChI=1S/C28H57NO/c1-2-3-4-5-6-7-8-9-10-11-12-13-14-15-16-17-18-19-20-21-22-23-24-29-25-27-30-28-26-29/h2-28H2,1H3. The summed E-state index contributed by atoms with van der Waals surface area (Å²) in [6.07, 6.45) is 32.2. The van der Waals surface area contributed by atoms with E-state index >= 15 is 0 Å². The molecule has 2 nitrogen and oxygen atoms in total. The Labute approximate surface area is 190 Å². The number of ether oxygens (including phenoxy) is 1. The lowest BCUT2D eigenvalue weighted by atomic mass is 10.0. The Bertz CT molecular complexity index is 314. The molecule has 0 bridgehead atoms. The predicted molar refractivity (Wildman–Crippen MR) is 135 cm³/mol. The Morgan fingerprint density at radius 2 is 0.733 bits per heavy atom. The lowest BCUT2D eigenvalue weighted by molar-refractivity contribution is 0.0371. The highest BCUT2D eigenvalue weighted by Gasteiger charge is 2.08. The van der Waals surface area contributed by atoms with Crippen LogP contribution in [0.25, 0.3) is 0 Å². The lowest BCUT2D eigenvalue weighted by Gasteiger charge is -2.26. The van der Waals surface area contributed by atoms with E-state index in [1.165, 1.54) is 148 Å². The van der Waals surface area contributed by atoms with E-state index in [1.807, 2.05) is 0 Å². The van der Waals surface area contributed by atoms with Crippen LogP contribution >= 0.6 is 0 Å². The van der Waals surface area contributed by atoms with Crippen molar-refractivity contribution in [1.82, 2.24) is 4.90 Å². The second kappa shape index (κ2) is 23.6. The van der Waals surface area contributed by atoms with Gasteiger partial charge in [0.05, 0.1) is 13.2 Å². The molecular formula is C28H57NO. The van der Waals surface area contributed by atoms with Gasteiger partial charge >= 0.3 is 0 Å². The van der Waals surface area contributed by atoms with Gasteiger partial charge in [0.15, 0.2) is 0 Å². The van der Waals surface area contributed by atoms with Gasteiger partial charge in [0, 0.05) is 13.1 Å². The fourth-order valence-electron chi connectivity index (χ4n) is 4.77. The maximum absolute atomic E-state index is 5.41. The minimum atomic E-state index is 0.944. The van der Waals surface area contributed by atoms with E-state index in [-0.39, 0.29) is 0 Å². The van der Waals surface area contributed by atoms with Gasteiger partial charge in [-0.2, -0.15) is 0 Å². The summed E-state index contributed by atoms with van der Waals surface area (Å²) in [5.41, 5.74) is 0. The third-order valence-corrected chi connectivity index (χ3v) is 6.93. The molecule has 180 valence electrons. The van der Waals surface area contributed by atoms with Gasteiger partial charge in [0.2, 0.25) is 0 Å². The van der Waals surface area contributed by atoms with Gasteiger partial charge in [-0.15, -0.1) is 0 Å². The number of unbranched alkanes of at least 4 members (excludes halogenated alkanes) is 21. The third kappa shape index (κ3) is 19.9. The number of nitrogens with zero attached hydrogens (tertiary/aromatic N) is 1. The summed E-state index contributed by atoms with van der Waals surface area (Å²) in [7, 11) is 0. The molecule has 0 saturated carbocycles. The van der Waals surface area contributed by atoms with E-state index in [1.54, 1.807) is 0 Å². The molecule has 0 aromatic rings. The summed E-state index contributed by atoms with van der Waals surface area (Å²) in [4.78, 5) is 2.57. The summed E-state index contributed by atoms with van der Waals surface area (Å²) in [6.45, 7) is 7.79. The number of rotatable bonds is 23. The van der Waals surface area contributed by atoms with Crippen molar-refractivity contribution in [2.75, 3.05) is 32.8 Å². The molecule has 0 aromatic heterocycles. The summed E-state index contributed by atoms with van der Waals surface area (Å²) < 4.78 is 5.41.